The molecule has 57 valence electrons. The molecule has 2 heterocycles. The fourth-order valence-corrected chi connectivity index (χ4v) is 1.92. The zero-order chi connectivity index (χ0) is 6.97. The number of hydrogen-bond acceptors (Lipinski definition) is 3. The molecular formula is C7H13N2O. The minimum atomic E-state index is 0.211. The highest BCUT2D eigenvalue weighted by Gasteiger charge is 2.38. The molecule has 2 fully saturated rings. The Labute approximate surface area is 60.8 Å². The second-order valence-electron chi connectivity index (χ2n) is 3.09. The van der Waals surface area contributed by atoms with E-state index in [1.54, 1.807) is 0 Å². The van der Waals surface area contributed by atoms with Crippen molar-refractivity contribution in [2.24, 2.45) is 11.8 Å². The Kier molecular flexibility index (Phi) is 1.64. The first-order valence-electron chi connectivity index (χ1n) is 3.83. The maximum atomic E-state index is 8.89. The van der Waals surface area contributed by atoms with Crippen LogP contribution in [0.1, 0.15) is 0 Å². The van der Waals surface area contributed by atoms with E-state index in [1.165, 1.54) is 0 Å². The van der Waals surface area contributed by atoms with Gasteiger partial charge in [0.2, 0.25) is 0 Å². The third kappa shape index (κ3) is 0.856. The highest BCUT2D eigenvalue weighted by atomic mass is 16.3. The van der Waals surface area contributed by atoms with Crippen molar-refractivity contribution in [3.63, 3.8) is 0 Å². The Morgan fingerprint density at radius 1 is 1.40 bits per heavy atom. The molecule has 2 unspecified atom stereocenters. The van der Waals surface area contributed by atoms with Crippen LogP contribution >= 0.6 is 0 Å². The van der Waals surface area contributed by atoms with Crippen molar-refractivity contribution in [3.8, 4) is 0 Å². The zero-order valence-corrected chi connectivity index (χ0v) is 5.93. The van der Waals surface area contributed by atoms with Gasteiger partial charge < -0.3 is 15.7 Å². The summed E-state index contributed by atoms with van der Waals surface area (Å²) in [5, 5.41) is 15.4. The van der Waals surface area contributed by atoms with Crippen molar-refractivity contribution in [1.82, 2.24) is 10.6 Å². The molecule has 0 aromatic carbocycles. The number of aliphatic hydroxyl groups is 1. The fraction of sp³-hybridized carbons (Fsp3) is 0.857. The van der Waals surface area contributed by atoms with Crippen LogP contribution in [0.15, 0.2) is 0 Å². The van der Waals surface area contributed by atoms with E-state index >= 15 is 0 Å². The van der Waals surface area contributed by atoms with E-state index in [0.717, 1.165) is 31.6 Å². The summed E-state index contributed by atoms with van der Waals surface area (Å²) in [4.78, 5) is 0. The topological polar surface area (TPSA) is 44.3 Å². The molecular weight excluding hydrogens is 128 g/mol. The van der Waals surface area contributed by atoms with Crippen molar-refractivity contribution in [1.29, 1.82) is 0 Å². The maximum Gasteiger partial charge on any atom is 0.0668 e. The Morgan fingerprint density at radius 3 is 3.10 bits per heavy atom. The maximum absolute atomic E-state index is 8.89. The van der Waals surface area contributed by atoms with Crippen LogP contribution in [-0.4, -0.2) is 31.3 Å². The van der Waals surface area contributed by atoms with Gasteiger partial charge in [0.15, 0.2) is 0 Å². The van der Waals surface area contributed by atoms with Crippen molar-refractivity contribution in [3.05, 3.63) is 6.04 Å². The molecule has 0 amide bonds. The number of rotatable bonds is 1. The first-order chi connectivity index (χ1) is 4.92. The molecule has 3 heteroatoms. The van der Waals surface area contributed by atoms with Crippen molar-refractivity contribution >= 4 is 0 Å². The molecule has 2 rings (SSSR count). The molecule has 0 spiro atoms. The van der Waals surface area contributed by atoms with Crippen molar-refractivity contribution in [2.45, 2.75) is 0 Å². The predicted octanol–water partition coefficient (Wildman–Crippen LogP) is -1.05. The van der Waals surface area contributed by atoms with Crippen LogP contribution in [0, 0.1) is 17.9 Å². The van der Waals surface area contributed by atoms with E-state index in [4.69, 9.17) is 5.11 Å². The Hall–Kier alpha value is -0.120. The molecule has 0 aromatic rings. The summed E-state index contributed by atoms with van der Waals surface area (Å²) in [6, 6.07) is 1.13. The number of fused-ring (bicyclic) bond motifs is 1. The van der Waals surface area contributed by atoms with Gasteiger partial charge in [0.1, 0.15) is 0 Å². The molecule has 1 radical (unpaired) electrons. The van der Waals surface area contributed by atoms with Gasteiger partial charge in [0.05, 0.1) is 12.6 Å². The Bertz CT molecular complexity index is 129. The fourth-order valence-electron chi connectivity index (χ4n) is 1.92. The van der Waals surface area contributed by atoms with Gasteiger partial charge in [-0.2, -0.15) is 0 Å². The lowest BCUT2D eigenvalue weighted by atomic mass is 9.95. The molecule has 0 bridgehead atoms. The van der Waals surface area contributed by atoms with E-state index in [0.29, 0.717) is 5.92 Å². The molecule has 3 nitrogen and oxygen atoms in total. The van der Waals surface area contributed by atoms with Crippen molar-refractivity contribution in [2.75, 3.05) is 26.2 Å². The normalized spacial score (nSPS) is 40.5. The summed E-state index contributed by atoms with van der Waals surface area (Å²) in [6.07, 6.45) is 0. The summed E-state index contributed by atoms with van der Waals surface area (Å²) in [6.45, 7) is 3.42. The standard InChI is InChI=1S/C7H13N2O/c10-4-7-6-3-8-1-5(6)2-9-7/h5-6,8-10H,1-4H2. The van der Waals surface area contributed by atoms with Gasteiger partial charge in [-0.15, -0.1) is 0 Å². The first-order valence-corrected chi connectivity index (χ1v) is 3.83. The van der Waals surface area contributed by atoms with Crippen LogP contribution in [0.2, 0.25) is 0 Å². The van der Waals surface area contributed by atoms with Gasteiger partial charge >= 0.3 is 0 Å². The molecule has 2 saturated heterocycles. The van der Waals surface area contributed by atoms with E-state index in [1.807, 2.05) is 0 Å². The summed E-state index contributed by atoms with van der Waals surface area (Å²) in [5.41, 5.74) is 0. The highest BCUT2D eigenvalue weighted by Crippen LogP contribution is 2.29. The van der Waals surface area contributed by atoms with E-state index in [-0.39, 0.29) is 6.61 Å². The SMILES string of the molecule is OC[C]1NCC2CNCC12. The lowest BCUT2D eigenvalue weighted by molar-refractivity contribution is 0.279. The molecule has 3 N–H and O–H groups in total. The van der Waals surface area contributed by atoms with Crippen molar-refractivity contribution < 1.29 is 5.11 Å². The largest absolute Gasteiger partial charge is 0.394 e. The van der Waals surface area contributed by atoms with Gasteiger partial charge in [-0.05, 0) is 18.4 Å². The quantitative estimate of drug-likeness (QED) is 0.436. The molecule has 0 aromatic heterocycles. The van der Waals surface area contributed by atoms with Crippen LogP contribution in [0.5, 0.6) is 0 Å². The number of nitrogens with one attached hydrogen (secondary N) is 2. The Morgan fingerprint density at radius 2 is 2.30 bits per heavy atom. The number of hydrogen-bond donors (Lipinski definition) is 3. The van der Waals surface area contributed by atoms with Gasteiger partial charge in [-0.3, -0.25) is 0 Å². The van der Waals surface area contributed by atoms with Gasteiger partial charge in [-0.1, -0.05) is 0 Å². The average molecular weight is 141 g/mol. The second kappa shape index (κ2) is 2.49. The third-order valence-electron chi connectivity index (χ3n) is 2.55. The summed E-state index contributed by atoms with van der Waals surface area (Å²) in [5.74, 6) is 1.34. The second-order valence-corrected chi connectivity index (χ2v) is 3.09. The Balaban J connectivity index is 2.01. The molecule has 2 aliphatic rings. The molecule has 2 aliphatic heterocycles. The smallest absolute Gasteiger partial charge is 0.0668 e. The van der Waals surface area contributed by atoms with Crippen LogP contribution in [0.3, 0.4) is 0 Å². The number of aliphatic hydroxyl groups excluding tert-OH is 1. The van der Waals surface area contributed by atoms with Crippen LogP contribution in [-0.2, 0) is 0 Å². The minimum Gasteiger partial charge on any atom is -0.394 e. The molecule has 0 saturated carbocycles. The summed E-state index contributed by atoms with van der Waals surface area (Å²) < 4.78 is 0. The zero-order valence-electron chi connectivity index (χ0n) is 5.93. The van der Waals surface area contributed by atoms with E-state index in [9.17, 15) is 0 Å². The molecule has 2 atom stereocenters. The lowest BCUT2D eigenvalue weighted by Gasteiger charge is -2.12. The van der Waals surface area contributed by atoms with Crippen LogP contribution in [0.4, 0.5) is 0 Å². The van der Waals surface area contributed by atoms with E-state index in [2.05, 4.69) is 10.6 Å². The molecule has 0 aliphatic carbocycles. The average Bonchev–Trinajstić information content (AvgIpc) is 2.44. The molecule has 10 heavy (non-hydrogen) atoms. The summed E-state index contributed by atoms with van der Waals surface area (Å²) >= 11 is 0. The van der Waals surface area contributed by atoms with Crippen LogP contribution < -0.4 is 10.6 Å². The predicted molar refractivity (Wildman–Crippen MR) is 38.2 cm³/mol. The third-order valence-corrected chi connectivity index (χ3v) is 2.55. The minimum absolute atomic E-state index is 0.211. The van der Waals surface area contributed by atoms with Gasteiger partial charge in [0, 0.05) is 13.1 Å². The monoisotopic (exact) mass is 141 g/mol. The van der Waals surface area contributed by atoms with Gasteiger partial charge in [0.25, 0.3) is 0 Å². The van der Waals surface area contributed by atoms with Gasteiger partial charge in [-0.25, -0.2) is 0 Å². The lowest BCUT2D eigenvalue weighted by Crippen LogP contribution is -2.25. The summed E-state index contributed by atoms with van der Waals surface area (Å²) in [7, 11) is 0. The van der Waals surface area contributed by atoms with E-state index < -0.39 is 0 Å². The highest BCUT2D eigenvalue weighted by molar-refractivity contribution is 5.07. The van der Waals surface area contributed by atoms with Crippen LogP contribution in [0.25, 0.3) is 0 Å². The first kappa shape index (κ1) is 6.58.